The average molecular weight is 168 g/mol. The number of aliphatic hydroxyl groups is 1. The summed E-state index contributed by atoms with van der Waals surface area (Å²) >= 11 is 0. The highest BCUT2D eigenvalue weighted by Crippen LogP contribution is 2.14. The molecule has 0 unspecified atom stereocenters. The van der Waals surface area contributed by atoms with Gasteiger partial charge in [-0.3, -0.25) is 0 Å². The smallest absolute Gasteiger partial charge is 0.0639 e. The minimum atomic E-state index is 0.170. The van der Waals surface area contributed by atoms with Gasteiger partial charge in [-0.25, -0.2) is 0 Å². The summed E-state index contributed by atoms with van der Waals surface area (Å²) in [6, 6.07) is 0. The van der Waals surface area contributed by atoms with Crippen molar-refractivity contribution in [3.8, 4) is 0 Å². The molecule has 1 nitrogen and oxygen atoms in total. The number of aliphatic hydroxyl groups excluding tert-OH is 1. The number of hydrogen-bond acceptors (Lipinski definition) is 1. The van der Waals surface area contributed by atoms with Crippen molar-refractivity contribution in [3.05, 3.63) is 23.8 Å². The third-order valence-corrected chi connectivity index (χ3v) is 1.47. The molecule has 0 aromatic rings. The highest BCUT2D eigenvalue weighted by atomic mass is 16.3. The van der Waals surface area contributed by atoms with Crippen LogP contribution in [0.1, 0.15) is 34.1 Å². The molecule has 1 heteroatoms. The van der Waals surface area contributed by atoms with Crippen molar-refractivity contribution in [1.82, 2.24) is 0 Å². The Morgan fingerprint density at radius 3 is 2.33 bits per heavy atom. The Labute approximate surface area is 75.8 Å². The fraction of sp³-hybridized carbons (Fsp3) is 0.636. The monoisotopic (exact) mass is 168 g/mol. The second kappa shape index (κ2) is 5.15. The SMILES string of the molecule is C/C(=C\C/C=C/C(C)(C)C)CO. The Morgan fingerprint density at radius 1 is 1.33 bits per heavy atom. The van der Waals surface area contributed by atoms with Gasteiger partial charge in [-0.2, -0.15) is 0 Å². The first kappa shape index (κ1) is 11.4. The molecule has 0 amide bonds. The molecule has 0 aliphatic heterocycles. The Kier molecular flexibility index (Phi) is 4.91. The first-order valence-corrected chi connectivity index (χ1v) is 4.40. The second-order valence-corrected chi connectivity index (χ2v) is 4.21. The molecule has 0 aromatic carbocycles. The van der Waals surface area contributed by atoms with Crippen LogP contribution >= 0.6 is 0 Å². The van der Waals surface area contributed by atoms with Gasteiger partial charge in [0.15, 0.2) is 0 Å². The fourth-order valence-corrected chi connectivity index (χ4v) is 0.755. The summed E-state index contributed by atoms with van der Waals surface area (Å²) in [7, 11) is 0. The lowest BCUT2D eigenvalue weighted by Gasteiger charge is -2.10. The summed E-state index contributed by atoms with van der Waals surface area (Å²) in [5.41, 5.74) is 1.30. The van der Waals surface area contributed by atoms with Crippen LogP contribution in [-0.4, -0.2) is 11.7 Å². The summed E-state index contributed by atoms with van der Waals surface area (Å²) in [4.78, 5) is 0. The fourth-order valence-electron chi connectivity index (χ4n) is 0.755. The van der Waals surface area contributed by atoms with Gasteiger partial charge < -0.3 is 5.11 Å². The Morgan fingerprint density at radius 2 is 1.92 bits per heavy atom. The Balaban J connectivity index is 3.77. The quantitative estimate of drug-likeness (QED) is 0.642. The van der Waals surface area contributed by atoms with Crippen LogP contribution in [-0.2, 0) is 0 Å². The Bertz CT molecular complexity index is 170. The van der Waals surface area contributed by atoms with Gasteiger partial charge in [0.1, 0.15) is 0 Å². The van der Waals surface area contributed by atoms with E-state index in [1.54, 1.807) is 0 Å². The van der Waals surface area contributed by atoms with Crippen molar-refractivity contribution in [2.45, 2.75) is 34.1 Å². The van der Waals surface area contributed by atoms with E-state index in [1.165, 1.54) is 0 Å². The van der Waals surface area contributed by atoms with E-state index in [0.29, 0.717) is 0 Å². The van der Waals surface area contributed by atoms with Crippen molar-refractivity contribution in [2.75, 3.05) is 6.61 Å². The summed E-state index contributed by atoms with van der Waals surface area (Å²) in [6.45, 7) is 8.62. The average Bonchev–Trinajstić information content (AvgIpc) is 1.96. The molecule has 12 heavy (non-hydrogen) atoms. The summed E-state index contributed by atoms with van der Waals surface area (Å²) < 4.78 is 0. The third kappa shape index (κ3) is 7.55. The number of allylic oxidation sites excluding steroid dienone is 3. The van der Waals surface area contributed by atoms with Gasteiger partial charge in [0.25, 0.3) is 0 Å². The van der Waals surface area contributed by atoms with Gasteiger partial charge in [0.2, 0.25) is 0 Å². The molecule has 0 rings (SSSR count). The van der Waals surface area contributed by atoms with Crippen molar-refractivity contribution in [2.24, 2.45) is 5.41 Å². The van der Waals surface area contributed by atoms with Crippen LogP contribution in [0.25, 0.3) is 0 Å². The maximum atomic E-state index is 8.70. The van der Waals surface area contributed by atoms with Crippen molar-refractivity contribution in [3.63, 3.8) is 0 Å². The first-order valence-electron chi connectivity index (χ1n) is 4.40. The molecule has 0 saturated carbocycles. The molecule has 0 radical (unpaired) electrons. The first-order chi connectivity index (χ1) is 5.45. The lowest BCUT2D eigenvalue weighted by atomic mass is 9.96. The topological polar surface area (TPSA) is 20.2 Å². The molecule has 0 aliphatic rings. The maximum Gasteiger partial charge on any atom is 0.0639 e. The molecule has 0 spiro atoms. The van der Waals surface area contributed by atoms with Crippen LogP contribution < -0.4 is 0 Å². The molecule has 0 fully saturated rings. The lowest BCUT2D eigenvalue weighted by Crippen LogP contribution is -1.97. The van der Waals surface area contributed by atoms with E-state index < -0.39 is 0 Å². The van der Waals surface area contributed by atoms with Crippen LogP contribution in [0, 0.1) is 5.41 Å². The molecule has 0 saturated heterocycles. The van der Waals surface area contributed by atoms with Crippen molar-refractivity contribution in [1.29, 1.82) is 0 Å². The molecule has 0 atom stereocenters. The van der Waals surface area contributed by atoms with Gasteiger partial charge in [-0.15, -0.1) is 0 Å². The lowest BCUT2D eigenvalue weighted by molar-refractivity contribution is 0.331. The molecule has 1 N–H and O–H groups in total. The summed E-state index contributed by atoms with van der Waals surface area (Å²) in [6.07, 6.45) is 7.29. The molecular weight excluding hydrogens is 148 g/mol. The van der Waals surface area contributed by atoms with Crippen LogP contribution in [0.5, 0.6) is 0 Å². The standard InChI is InChI=1S/C11H20O/c1-10(9-12)7-5-6-8-11(2,3)4/h6-8,12H,5,9H2,1-4H3/b8-6+,10-7+. The maximum absolute atomic E-state index is 8.70. The molecule has 70 valence electrons. The molecule has 0 heterocycles. The molecule has 0 aliphatic carbocycles. The van der Waals surface area contributed by atoms with Gasteiger partial charge >= 0.3 is 0 Å². The van der Waals surface area contributed by atoms with E-state index in [0.717, 1.165) is 12.0 Å². The van der Waals surface area contributed by atoms with Crippen molar-refractivity contribution >= 4 is 0 Å². The zero-order valence-corrected chi connectivity index (χ0v) is 8.59. The van der Waals surface area contributed by atoms with Crippen LogP contribution in [0.2, 0.25) is 0 Å². The van der Waals surface area contributed by atoms with Crippen LogP contribution in [0.3, 0.4) is 0 Å². The van der Waals surface area contributed by atoms with Crippen LogP contribution in [0.4, 0.5) is 0 Å². The van der Waals surface area contributed by atoms with E-state index in [4.69, 9.17) is 5.11 Å². The summed E-state index contributed by atoms with van der Waals surface area (Å²) in [5, 5.41) is 8.70. The second-order valence-electron chi connectivity index (χ2n) is 4.21. The highest BCUT2D eigenvalue weighted by Gasteiger charge is 2.01. The number of hydrogen-bond donors (Lipinski definition) is 1. The van der Waals surface area contributed by atoms with E-state index in [-0.39, 0.29) is 12.0 Å². The molecule has 0 aromatic heterocycles. The predicted octanol–water partition coefficient (Wildman–Crippen LogP) is 2.92. The third-order valence-electron chi connectivity index (χ3n) is 1.47. The van der Waals surface area contributed by atoms with E-state index in [1.807, 2.05) is 13.0 Å². The van der Waals surface area contributed by atoms with Gasteiger partial charge in [0.05, 0.1) is 6.61 Å². The zero-order valence-electron chi connectivity index (χ0n) is 8.59. The summed E-state index contributed by atoms with van der Waals surface area (Å²) in [5.74, 6) is 0. The van der Waals surface area contributed by atoms with Gasteiger partial charge in [0, 0.05) is 0 Å². The largest absolute Gasteiger partial charge is 0.392 e. The van der Waals surface area contributed by atoms with E-state index >= 15 is 0 Å². The van der Waals surface area contributed by atoms with E-state index in [9.17, 15) is 0 Å². The van der Waals surface area contributed by atoms with Gasteiger partial charge in [-0.1, -0.05) is 44.6 Å². The van der Waals surface area contributed by atoms with Gasteiger partial charge in [-0.05, 0) is 18.8 Å². The van der Waals surface area contributed by atoms with Crippen molar-refractivity contribution < 1.29 is 5.11 Å². The predicted molar refractivity (Wildman–Crippen MR) is 54.1 cm³/mol. The molecule has 0 bridgehead atoms. The highest BCUT2D eigenvalue weighted by molar-refractivity contribution is 5.03. The number of rotatable bonds is 3. The minimum Gasteiger partial charge on any atom is -0.392 e. The minimum absolute atomic E-state index is 0.170. The van der Waals surface area contributed by atoms with E-state index in [2.05, 4.69) is 32.9 Å². The normalized spacial score (nSPS) is 14.2. The van der Waals surface area contributed by atoms with Crippen LogP contribution in [0.15, 0.2) is 23.8 Å². The molecular formula is C11H20O. The Hall–Kier alpha value is -0.560. The zero-order chi connectivity index (χ0) is 9.61.